The van der Waals surface area contributed by atoms with Gasteiger partial charge < -0.3 is 10.6 Å². The first-order chi connectivity index (χ1) is 8.89. The minimum absolute atomic E-state index is 0.0300. The van der Waals surface area contributed by atoms with Gasteiger partial charge in [0.2, 0.25) is 5.91 Å². The van der Waals surface area contributed by atoms with E-state index in [1.165, 1.54) is 5.56 Å². The summed E-state index contributed by atoms with van der Waals surface area (Å²) in [6.07, 6.45) is 0.951. The fourth-order valence-electron chi connectivity index (χ4n) is 2.75. The highest BCUT2D eigenvalue weighted by Gasteiger charge is 2.34. The van der Waals surface area contributed by atoms with E-state index < -0.39 is 0 Å². The van der Waals surface area contributed by atoms with Gasteiger partial charge in [0.05, 0.1) is 0 Å². The molecule has 0 saturated carbocycles. The van der Waals surface area contributed by atoms with Crippen LogP contribution in [0.3, 0.4) is 0 Å². The van der Waals surface area contributed by atoms with E-state index >= 15 is 0 Å². The van der Waals surface area contributed by atoms with E-state index in [2.05, 4.69) is 24.3 Å². The van der Waals surface area contributed by atoms with Crippen LogP contribution in [0.4, 0.5) is 0 Å². The Labute approximate surface area is 115 Å². The average molecular weight is 260 g/mol. The molecule has 3 nitrogen and oxygen atoms in total. The van der Waals surface area contributed by atoms with Crippen molar-refractivity contribution in [2.24, 2.45) is 11.1 Å². The van der Waals surface area contributed by atoms with E-state index in [4.69, 9.17) is 5.73 Å². The van der Waals surface area contributed by atoms with E-state index in [0.717, 1.165) is 13.0 Å². The van der Waals surface area contributed by atoms with Gasteiger partial charge in [-0.15, -0.1) is 0 Å². The van der Waals surface area contributed by atoms with Gasteiger partial charge in [0.25, 0.3) is 0 Å². The van der Waals surface area contributed by atoms with E-state index in [0.29, 0.717) is 12.5 Å². The highest BCUT2D eigenvalue weighted by atomic mass is 16.2. The van der Waals surface area contributed by atoms with Crippen molar-refractivity contribution in [3.8, 4) is 0 Å². The zero-order chi connectivity index (χ0) is 14.0. The molecule has 0 radical (unpaired) electrons. The molecule has 1 aromatic rings. The number of hydrogen-bond donors (Lipinski definition) is 1. The summed E-state index contributed by atoms with van der Waals surface area (Å²) in [7, 11) is 0. The summed E-state index contributed by atoms with van der Waals surface area (Å²) < 4.78 is 0. The van der Waals surface area contributed by atoms with Gasteiger partial charge in [-0.25, -0.2) is 0 Å². The lowest BCUT2D eigenvalue weighted by Crippen LogP contribution is -2.52. The lowest BCUT2D eigenvalue weighted by atomic mass is 9.84. The highest BCUT2D eigenvalue weighted by molar-refractivity contribution is 5.81. The summed E-state index contributed by atoms with van der Waals surface area (Å²) in [5.41, 5.74) is 7.26. The third-order valence-electron chi connectivity index (χ3n) is 3.81. The van der Waals surface area contributed by atoms with Gasteiger partial charge in [-0.05, 0) is 12.0 Å². The minimum Gasteiger partial charge on any atom is -0.341 e. The second-order valence-corrected chi connectivity index (χ2v) is 6.47. The van der Waals surface area contributed by atoms with Gasteiger partial charge in [-0.2, -0.15) is 0 Å². The van der Waals surface area contributed by atoms with Gasteiger partial charge in [-0.3, -0.25) is 4.79 Å². The van der Waals surface area contributed by atoms with Crippen LogP contribution in [-0.2, 0) is 4.79 Å². The average Bonchev–Trinajstić information content (AvgIpc) is 2.37. The van der Waals surface area contributed by atoms with Crippen LogP contribution in [0, 0.1) is 5.41 Å². The number of rotatable bonds is 1. The Bertz CT molecular complexity index is 436. The van der Waals surface area contributed by atoms with Gasteiger partial charge in [0.1, 0.15) is 0 Å². The number of carbonyl (C=O) groups excluding carboxylic acids is 1. The number of amides is 1. The summed E-state index contributed by atoms with van der Waals surface area (Å²) in [4.78, 5) is 14.2. The zero-order valence-electron chi connectivity index (χ0n) is 12.1. The van der Waals surface area contributed by atoms with Crippen LogP contribution < -0.4 is 5.73 Å². The largest absolute Gasteiger partial charge is 0.341 e. The number of hydrogen-bond acceptors (Lipinski definition) is 2. The summed E-state index contributed by atoms with van der Waals surface area (Å²) >= 11 is 0. The molecule has 19 heavy (non-hydrogen) atoms. The maximum atomic E-state index is 12.3. The summed E-state index contributed by atoms with van der Waals surface area (Å²) in [5, 5.41) is 0. The van der Waals surface area contributed by atoms with Crippen LogP contribution in [-0.4, -0.2) is 29.9 Å². The van der Waals surface area contributed by atoms with Crippen molar-refractivity contribution in [3.63, 3.8) is 0 Å². The van der Waals surface area contributed by atoms with E-state index in [1.807, 2.05) is 31.7 Å². The topological polar surface area (TPSA) is 46.3 Å². The van der Waals surface area contributed by atoms with Crippen LogP contribution in [0.2, 0.25) is 0 Å². The van der Waals surface area contributed by atoms with Crippen molar-refractivity contribution in [2.75, 3.05) is 13.1 Å². The Hall–Kier alpha value is -1.35. The molecular weight excluding hydrogens is 236 g/mol. The van der Waals surface area contributed by atoms with Crippen molar-refractivity contribution >= 4 is 5.91 Å². The summed E-state index contributed by atoms with van der Waals surface area (Å²) in [6.45, 7) is 7.36. The van der Waals surface area contributed by atoms with Gasteiger partial charge >= 0.3 is 0 Å². The maximum Gasteiger partial charge on any atom is 0.228 e. The molecule has 104 valence electrons. The van der Waals surface area contributed by atoms with E-state index in [-0.39, 0.29) is 17.4 Å². The molecule has 3 heteroatoms. The number of piperidine rings is 1. The Morgan fingerprint density at radius 2 is 1.89 bits per heavy atom. The predicted molar refractivity (Wildman–Crippen MR) is 77.8 cm³/mol. The first-order valence-corrected chi connectivity index (χ1v) is 6.99. The Morgan fingerprint density at radius 1 is 1.26 bits per heavy atom. The van der Waals surface area contributed by atoms with Crippen LogP contribution in [0.5, 0.6) is 0 Å². The van der Waals surface area contributed by atoms with Crippen LogP contribution >= 0.6 is 0 Å². The Kier molecular flexibility index (Phi) is 3.95. The number of nitrogens with two attached hydrogens (primary N) is 1. The normalized spacial score (nSPS) is 24.3. The van der Waals surface area contributed by atoms with Crippen molar-refractivity contribution in [2.45, 2.75) is 39.2 Å². The van der Waals surface area contributed by atoms with E-state index in [9.17, 15) is 4.79 Å². The molecule has 0 aliphatic carbocycles. The third-order valence-corrected chi connectivity index (χ3v) is 3.81. The fraction of sp³-hybridized carbons (Fsp3) is 0.562. The molecule has 2 atom stereocenters. The SMILES string of the molecule is CC(C)(C)C(=O)N1CCC(c2ccccc2)C(N)C1. The smallest absolute Gasteiger partial charge is 0.228 e. The Balaban J connectivity index is 2.05. The molecule has 0 spiro atoms. The highest BCUT2D eigenvalue weighted by Crippen LogP contribution is 2.29. The second kappa shape index (κ2) is 5.33. The summed E-state index contributed by atoms with van der Waals surface area (Å²) in [6, 6.07) is 10.4. The molecule has 2 N–H and O–H groups in total. The molecule has 0 aromatic heterocycles. The number of carbonyl (C=O) groups is 1. The molecule has 2 rings (SSSR count). The minimum atomic E-state index is -0.320. The molecule has 1 heterocycles. The molecular formula is C16H24N2O. The van der Waals surface area contributed by atoms with Gasteiger partial charge in [0, 0.05) is 30.5 Å². The van der Waals surface area contributed by atoms with Gasteiger partial charge in [-0.1, -0.05) is 51.1 Å². The second-order valence-electron chi connectivity index (χ2n) is 6.47. The molecule has 1 amide bonds. The molecule has 1 aliphatic heterocycles. The van der Waals surface area contributed by atoms with Crippen molar-refractivity contribution in [3.05, 3.63) is 35.9 Å². The predicted octanol–water partition coefficient (Wildman–Crippen LogP) is 2.38. The first-order valence-electron chi connectivity index (χ1n) is 6.99. The van der Waals surface area contributed by atoms with Crippen molar-refractivity contribution < 1.29 is 4.79 Å². The van der Waals surface area contributed by atoms with Crippen LogP contribution in [0.15, 0.2) is 30.3 Å². The molecule has 1 aromatic carbocycles. The van der Waals surface area contributed by atoms with Crippen molar-refractivity contribution in [1.82, 2.24) is 4.90 Å². The lowest BCUT2D eigenvalue weighted by Gasteiger charge is -2.39. The molecule has 1 fully saturated rings. The molecule has 1 aliphatic rings. The standard InChI is InChI=1S/C16H24N2O/c1-16(2,3)15(19)18-10-9-13(14(17)11-18)12-7-5-4-6-8-12/h4-8,13-14H,9-11,17H2,1-3H3. The van der Waals surface area contributed by atoms with Crippen LogP contribution in [0.25, 0.3) is 0 Å². The van der Waals surface area contributed by atoms with Crippen molar-refractivity contribution in [1.29, 1.82) is 0 Å². The molecule has 0 bridgehead atoms. The van der Waals surface area contributed by atoms with Gasteiger partial charge in [0.15, 0.2) is 0 Å². The van der Waals surface area contributed by atoms with Crippen LogP contribution in [0.1, 0.15) is 38.7 Å². The number of benzene rings is 1. The fourth-order valence-corrected chi connectivity index (χ4v) is 2.75. The Morgan fingerprint density at radius 3 is 2.42 bits per heavy atom. The quantitative estimate of drug-likeness (QED) is 0.842. The lowest BCUT2D eigenvalue weighted by molar-refractivity contribution is -0.140. The molecule has 1 saturated heterocycles. The monoisotopic (exact) mass is 260 g/mol. The molecule has 2 unspecified atom stereocenters. The van der Waals surface area contributed by atoms with E-state index in [1.54, 1.807) is 0 Å². The maximum absolute atomic E-state index is 12.3. The first kappa shape index (κ1) is 14.1. The zero-order valence-corrected chi connectivity index (χ0v) is 12.1. The third kappa shape index (κ3) is 3.16. The summed E-state index contributed by atoms with van der Waals surface area (Å²) in [5.74, 6) is 0.569. The number of nitrogens with zero attached hydrogens (tertiary/aromatic N) is 1. The number of likely N-dealkylation sites (tertiary alicyclic amines) is 1.